The van der Waals surface area contributed by atoms with Crippen LogP contribution in [0.2, 0.25) is 0 Å². The third kappa shape index (κ3) is 2.69. The standard InChI is InChI=1S/C15H9ClF2N4O/c1-23-11-4-2-9(3-5-11)12-6-13(15(16,17)18)22-14(21-12)10(7-19)8-20-22/h2-6,8H,1H3. The normalized spacial score (nSPS) is 11.4. The largest absolute Gasteiger partial charge is 0.497 e. The lowest BCUT2D eigenvalue weighted by Crippen LogP contribution is -2.12. The molecular weight excluding hydrogens is 326 g/mol. The molecule has 0 spiro atoms. The van der Waals surface area contributed by atoms with E-state index in [0.29, 0.717) is 11.3 Å². The Morgan fingerprint density at radius 2 is 2.00 bits per heavy atom. The van der Waals surface area contributed by atoms with Crippen molar-refractivity contribution >= 4 is 17.2 Å². The molecule has 0 fully saturated rings. The molecule has 0 radical (unpaired) electrons. The quantitative estimate of drug-likeness (QED) is 0.687. The first-order valence-corrected chi connectivity index (χ1v) is 6.82. The molecule has 0 aliphatic rings. The molecule has 2 aromatic heterocycles. The smallest absolute Gasteiger partial charge is 0.364 e. The molecule has 3 aromatic rings. The van der Waals surface area contributed by atoms with Crippen molar-refractivity contribution in [1.29, 1.82) is 5.26 Å². The van der Waals surface area contributed by atoms with Gasteiger partial charge in [-0.25, -0.2) is 9.50 Å². The number of halogens is 3. The van der Waals surface area contributed by atoms with Crippen LogP contribution in [0, 0.1) is 11.3 Å². The Kier molecular flexibility index (Phi) is 3.62. The molecule has 2 heterocycles. The van der Waals surface area contributed by atoms with E-state index in [0.717, 1.165) is 10.6 Å². The molecule has 0 saturated carbocycles. The minimum absolute atomic E-state index is 0.0242. The zero-order valence-corrected chi connectivity index (χ0v) is 12.6. The molecule has 3 rings (SSSR count). The molecule has 0 saturated heterocycles. The van der Waals surface area contributed by atoms with Gasteiger partial charge < -0.3 is 4.74 Å². The Labute approximate surface area is 134 Å². The minimum Gasteiger partial charge on any atom is -0.497 e. The van der Waals surface area contributed by atoms with Crippen LogP contribution in [-0.2, 0) is 5.38 Å². The van der Waals surface area contributed by atoms with E-state index >= 15 is 0 Å². The van der Waals surface area contributed by atoms with Crippen molar-refractivity contribution in [2.75, 3.05) is 7.11 Å². The van der Waals surface area contributed by atoms with Gasteiger partial charge in [0.15, 0.2) is 5.65 Å². The van der Waals surface area contributed by atoms with Gasteiger partial charge in [-0.3, -0.25) is 0 Å². The summed E-state index contributed by atoms with van der Waals surface area (Å²) in [6.07, 6.45) is 1.17. The molecule has 0 aliphatic carbocycles. The fraction of sp³-hybridized carbons (Fsp3) is 0.133. The van der Waals surface area contributed by atoms with Crippen LogP contribution in [-0.4, -0.2) is 21.7 Å². The van der Waals surface area contributed by atoms with Crippen molar-refractivity contribution in [2.45, 2.75) is 5.38 Å². The van der Waals surface area contributed by atoms with E-state index < -0.39 is 11.1 Å². The highest BCUT2D eigenvalue weighted by molar-refractivity contribution is 6.21. The third-order valence-corrected chi connectivity index (χ3v) is 3.46. The van der Waals surface area contributed by atoms with Gasteiger partial charge in [0.05, 0.1) is 19.0 Å². The van der Waals surface area contributed by atoms with Gasteiger partial charge in [0.25, 0.3) is 0 Å². The summed E-state index contributed by atoms with van der Waals surface area (Å²) < 4.78 is 33.3. The molecule has 0 N–H and O–H groups in total. The second-order valence-electron chi connectivity index (χ2n) is 4.66. The van der Waals surface area contributed by atoms with Crippen LogP contribution in [0.25, 0.3) is 16.9 Å². The second kappa shape index (κ2) is 5.48. The fourth-order valence-electron chi connectivity index (χ4n) is 2.15. The van der Waals surface area contributed by atoms with E-state index in [1.54, 1.807) is 24.3 Å². The number of fused-ring (bicyclic) bond motifs is 1. The van der Waals surface area contributed by atoms with Crippen LogP contribution in [0.4, 0.5) is 8.78 Å². The second-order valence-corrected chi connectivity index (χ2v) is 5.13. The van der Waals surface area contributed by atoms with Gasteiger partial charge in [-0.15, -0.1) is 0 Å². The average Bonchev–Trinajstić information content (AvgIpc) is 2.96. The zero-order valence-electron chi connectivity index (χ0n) is 11.8. The highest BCUT2D eigenvalue weighted by Crippen LogP contribution is 2.35. The highest BCUT2D eigenvalue weighted by Gasteiger charge is 2.33. The van der Waals surface area contributed by atoms with Crippen molar-refractivity contribution in [2.24, 2.45) is 0 Å². The maximum absolute atomic E-state index is 13.7. The number of nitriles is 1. The van der Waals surface area contributed by atoms with E-state index in [1.165, 1.54) is 13.3 Å². The number of benzene rings is 1. The molecule has 23 heavy (non-hydrogen) atoms. The molecule has 1 aromatic carbocycles. The number of hydrogen-bond donors (Lipinski definition) is 0. The monoisotopic (exact) mass is 334 g/mol. The molecule has 0 amide bonds. The number of nitrogens with zero attached hydrogens (tertiary/aromatic N) is 4. The Morgan fingerprint density at radius 1 is 1.30 bits per heavy atom. The molecule has 116 valence electrons. The van der Waals surface area contributed by atoms with Crippen molar-refractivity contribution in [3.05, 3.63) is 47.8 Å². The summed E-state index contributed by atoms with van der Waals surface area (Å²) in [6, 6.07) is 9.74. The molecule has 0 aliphatic heterocycles. The summed E-state index contributed by atoms with van der Waals surface area (Å²) in [7, 11) is 1.52. The first-order chi connectivity index (χ1) is 10.9. The van der Waals surface area contributed by atoms with Crippen molar-refractivity contribution in [1.82, 2.24) is 14.6 Å². The van der Waals surface area contributed by atoms with Crippen molar-refractivity contribution in [3.8, 4) is 23.1 Å². The van der Waals surface area contributed by atoms with E-state index in [2.05, 4.69) is 10.1 Å². The number of aromatic nitrogens is 3. The number of alkyl halides is 3. The number of methoxy groups -OCH3 is 1. The summed E-state index contributed by atoms with van der Waals surface area (Å²) >= 11 is 5.17. The van der Waals surface area contributed by atoms with Crippen LogP contribution < -0.4 is 4.74 Å². The molecule has 5 nitrogen and oxygen atoms in total. The summed E-state index contributed by atoms with van der Waals surface area (Å²) in [6.45, 7) is 0. The summed E-state index contributed by atoms with van der Waals surface area (Å²) in [5, 5.41) is 9.18. The van der Waals surface area contributed by atoms with Gasteiger partial charge in [-0.2, -0.15) is 19.1 Å². The lowest BCUT2D eigenvalue weighted by molar-refractivity contribution is 0.0873. The third-order valence-electron chi connectivity index (χ3n) is 3.27. The number of ether oxygens (including phenoxy) is 1. The predicted molar refractivity (Wildman–Crippen MR) is 79.4 cm³/mol. The van der Waals surface area contributed by atoms with E-state index in [-0.39, 0.29) is 16.9 Å². The topological polar surface area (TPSA) is 63.2 Å². The number of hydrogen-bond acceptors (Lipinski definition) is 4. The Balaban J connectivity index is 2.26. The van der Waals surface area contributed by atoms with Gasteiger partial charge in [0.1, 0.15) is 23.1 Å². The van der Waals surface area contributed by atoms with Gasteiger partial charge >= 0.3 is 5.38 Å². The summed E-state index contributed by atoms with van der Waals surface area (Å²) in [5.41, 5.74) is 0.392. The van der Waals surface area contributed by atoms with Crippen LogP contribution in [0.15, 0.2) is 36.5 Å². The van der Waals surface area contributed by atoms with E-state index in [9.17, 15) is 8.78 Å². The van der Waals surface area contributed by atoms with Gasteiger partial charge in [0, 0.05) is 5.56 Å². The van der Waals surface area contributed by atoms with Crippen molar-refractivity contribution in [3.63, 3.8) is 0 Å². The summed E-state index contributed by atoms with van der Waals surface area (Å²) in [4.78, 5) is 4.25. The van der Waals surface area contributed by atoms with Gasteiger partial charge in [-0.1, -0.05) is 0 Å². The Morgan fingerprint density at radius 3 is 2.57 bits per heavy atom. The first-order valence-electron chi connectivity index (χ1n) is 6.44. The SMILES string of the molecule is COc1ccc(-c2cc(C(F)(F)Cl)n3ncc(C#N)c3n2)cc1. The summed E-state index contributed by atoms with van der Waals surface area (Å²) in [5.74, 6) is 0.625. The Bertz CT molecular complexity index is 910. The highest BCUT2D eigenvalue weighted by atomic mass is 35.5. The maximum atomic E-state index is 13.7. The van der Waals surface area contributed by atoms with Crippen LogP contribution in [0.3, 0.4) is 0 Å². The van der Waals surface area contributed by atoms with E-state index in [4.69, 9.17) is 21.6 Å². The van der Waals surface area contributed by atoms with Crippen LogP contribution in [0.5, 0.6) is 5.75 Å². The maximum Gasteiger partial charge on any atom is 0.364 e. The molecule has 8 heteroatoms. The lowest BCUT2D eigenvalue weighted by Gasteiger charge is -2.12. The van der Waals surface area contributed by atoms with E-state index in [1.807, 2.05) is 6.07 Å². The van der Waals surface area contributed by atoms with Crippen LogP contribution >= 0.6 is 11.6 Å². The fourth-order valence-corrected chi connectivity index (χ4v) is 2.29. The molecule has 0 bridgehead atoms. The van der Waals surface area contributed by atoms with Gasteiger partial charge in [0.2, 0.25) is 0 Å². The van der Waals surface area contributed by atoms with Gasteiger partial charge in [-0.05, 0) is 41.9 Å². The first kappa shape index (κ1) is 15.2. The average molecular weight is 335 g/mol. The predicted octanol–water partition coefficient (Wildman–Crippen LogP) is 3.56. The van der Waals surface area contributed by atoms with Crippen LogP contribution in [0.1, 0.15) is 11.3 Å². The van der Waals surface area contributed by atoms with Crippen molar-refractivity contribution < 1.29 is 13.5 Å². The zero-order chi connectivity index (χ0) is 16.6. The lowest BCUT2D eigenvalue weighted by atomic mass is 10.1. The molecule has 0 unspecified atom stereocenters. The molecular formula is C15H9ClF2N4O. The Hall–Kier alpha value is -2.72. The number of rotatable bonds is 3. The minimum atomic E-state index is -3.65. The molecule has 0 atom stereocenters.